The van der Waals surface area contributed by atoms with Crippen LogP contribution < -0.4 is 5.32 Å². The van der Waals surface area contributed by atoms with E-state index in [-0.39, 0.29) is 17.9 Å². The number of imide groups is 1. The Morgan fingerprint density at radius 3 is 2.45 bits per heavy atom. The molecule has 1 saturated heterocycles. The molecule has 0 aromatic carbocycles. The van der Waals surface area contributed by atoms with Crippen LogP contribution in [0.4, 0.5) is 5.82 Å². The minimum atomic E-state index is 0.0000298. The molecule has 0 bridgehead atoms. The summed E-state index contributed by atoms with van der Waals surface area (Å²) in [6, 6.07) is 6.15. The van der Waals surface area contributed by atoms with Crippen molar-refractivity contribution in [1.29, 1.82) is 0 Å². The monoisotopic (exact) mass is 391 g/mol. The van der Waals surface area contributed by atoms with Gasteiger partial charge in [0.2, 0.25) is 11.8 Å². The zero-order valence-electron chi connectivity index (χ0n) is 16.4. The number of hydrogen-bond donors (Lipinski definition) is 1. The molecule has 0 unspecified atom stereocenters. The molecule has 2 fully saturated rings. The van der Waals surface area contributed by atoms with Crippen molar-refractivity contribution in [3.63, 3.8) is 0 Å². The second-order valence-corrected chi connectivity index (χ2v) is 8.20. The predicted octanol–water partition coefficient (Wildman–Crippen LogP) is 2.90. The Morgan fingerprint density at radius 1 is 0.931 bits per heavy atom. The molecule has 0 radical (unpaired) electrons. The summed E-state index contributed by atoms with van der Waals surface area (Å²) in [7, 11) is 0. The number of carbonyl (C=O) groups excluding carboxylic acids is 2. The Labute approximate surface area is 170 Å². The molecule has 29 heavy (non-hydrogen) atoms. The Kier molecular flexibility index (Phi) is 4.73. The maximum Gasteiger partial charge on any atom is 0.229 e. The summed E-state index contributed by atoms with van der Waals surface area (Å²) in [5.74, 6) is 1.61. The molecule has 1 saturated carbocycles. The van der Waals surface area contributed by atoms with E-state index in [1.807, 2.05) is 18.2 Å². The molecule has 5 rings (SSSR count). The van der Waals surface area contributed by atoms with Crippen molar-refractivity contribution < 1.29 is 9.59 Å². The highest BCUT2D eigenvalue weighted by atomic mass is 16.2. The Balaban J connectivity index is 1.32. The standard InChI is InChI=1S/C22H25N5O2/c28-19-11-12-20(29)27(19)15-9-7-14(8-10-15)24-21-16-4-3-6-17(16)25-22(26-21)18-5-1-2-13-23-18/h1-2,5,13-15H,3-4,6-12H2,(H,24,25,26). The van der Waals surface area contributed by atoms with Crippen molar-refractivity contribution in [3.8, 4) is 11.5 Å². The molecule has 3 aliphatic rings. The van der Waals surface area contributed by atoms with Gasteiger partial charge in [-0.25, -0.2) is 9.97 Å². The number of aryl methyl sites for hydroxylation is 1. The second-order valence-electron chi connectivity index (χ2n) is 8.20. The Morgan fingerprint density at radius 2 is 1.72 bits per heavy atom. The van der Waals surface area contributed by atoms with Crippen LogP contribution in [-0.2, 0) is 22.4 Å². The van der Waals surface area contributed by atoms with Crippen LogP contribution in [0.3, 0.4) is 0 Å². The van der Waals surface area contributed by atoms with Crippen LogP contribution in [0.2, 0.25) is 0 Å². The molecule has 2 aromatic rings. The van der Waals surface area contributed by atoms with Gasteiger partial charge in [0, 0.05) is 42.4 Å². The van der Waals surface area contributed by atoms with E-state index in [1.165, 1.54) is 10.5 Å². The number of hydrogen-bond acceptors (Lipinski definition) is 6. The van der Waals surface area contributed by atoms with Crippen molar-refractivity contribution >= 4 is 17.6 Å². The Bertz CT molecular complexity index is 922. The largest absolute Gasteiger partial charge is 0.367 e. The van der Waals surface area contributed by atoms with E-state index in [9.17, 15) is 9.59 Å². The van der Waals surface area contributed by atoms with Crippen LogP contribution in [-0.4, -0.2) is 43.7 Å². The summed E-state index contributed by atoms with van der Waals surface area (Å²) in [6.45, 7) is 0. The third-order valence-corrected chi connectivity index (χ3v) is 6.32. The van der Waals surface area contributed by atoms with Gasteiger partial charge in [-0.3, -0.25) is 19.5 Å². The Hall–Kier alpha value is -2.83. The van der Waals surface area contributed by atoms with Gasteiger partial charge in [-0.2, -0.15) is 0 Å². The SMILES string of the molecule is O=C1CCC(=O)N1C1CCC(Nc2nc(-c3ccccn3)nc3c2CCC3)CC1. The summed E-state index contributed by atoms with van der Waals surface area (Å²) in [5, 5.41) is 3.66. The number of aromatic nitrogens is 3. The minimum absolute atomic E-state index is 0.0000298. The third-order valence-electron chi connectivity index (χ3n) is 6.32. The van der Waals surface area contributed by atoms with Crippen LogP contribution in [0.5, 0.6) is 0 Å². The number of amides is 2. The summed E-state index contributed by atoms with van der Waals surface area (Å²) in [4.78, 5) is 39.6. The van der Waals surface area contributed by atoms with Crippen LogP contribution in [0.15, 0.2) is 24.4 Å². The lowest BCUT2D eigenvalue weighted by atomic mass is 9.90. The molecular formula is C22H25N5O2. The van der Waals surface area contributed by atoms with E-state index in [0.29, 0.717) is 24.7 Å². The van der Waals surface area contributed by atoms with Gasteiger partial charge in [-0.1, -0.05) is 6.07 Å². The molecule has 150 valence electrons. The van der Waals surface area contributed by atoms with Crippen LogP contribution in [0.25, 0.3) is 11.5 Å². The number of nitrogens with zero attached hydrogens (tertiary/aromatic N) is 4. The summed E-state index contributed by atoms with van der Waals surface area (Å²) in [5.41, 5.74) is 3.15. The van der Waals surface area contributed by atoms with Crippen LogP contribution >= 0.6 is 0 Å². The fourth-order valence-corrected chi connectivity index (χ4v) is 4.83. The quantitative estimate of drug-likeness (QED) is 0.807. The number of rotatable bonds is 4. The fourth-order valence-electron chi connectivity index (χ4n) is 4.83. The topological polar surface area (TPSA) is 88.1 Å². The first-order valence-corrected chi connectivity index (χ1v) is 10.6. The van der Waals surface area contributed by atoms with Gasteiger partial charge in [0.05, 0.1) is 0 Å². The zero-order chi connectivity index (χ0) is 19.8. The van der Waals surface area contributed by atoms with Crippen molar-refractivity contribution in [2.24, 2.45) is 0 Å². The molecule has 0 atom stereocenters. The molecule has 2 aliphatic carbocycles. The first-order chi connectivity index (χ1) is 14.2. The summed E-state index contributed by atoms with van der Waals surface area (Å²) in [6.07, 6.45) is 9.19. The lowest BCUT2D eigenvalue weighted by Gasteiger charge is -2.34. The maximum atomic E-state index is 12.0. The number of carbonyl (C=O) groups is 2. The van der Waals surface area contributed by atoms with E-state index < -0.39 is 0 Å². The molecule has 2 amide bonds. The fraction of sp³-hybridized carbons (Fsp3) is 0.500. The highest BCUT2D eigenvalue weighted by molar-refractivity contribution is 6.02. The predicted molar refractivity (Wildman–Crippen MR) is 108 cm³/mol. The first-order valence-electron chi connectivity index (χ1n) is 10.6. The highest BCUT2D eigenvalue weighted by Crippen LogP contribution is 2.32. The van der Waals surface area contributed by atoms with Crippen molar-refractivity contribution in [2.75, 3.05) is 5.32 Å². The van der Waals surface area contributed by atoms with Gasteiger partial charge in [0.25, 0.3) is 0 Å². The minimum Gasteiger partial charge on any atom is -0.367 e. The first kappa shape index (κ1) is 18.2. The van der Waals surface area contributed by atoms with Gasteiger partial charge < -0.3 is 5.32 Å². The molecule has 1 aliphatic heterocycles. The number of anilines is 1. The van der Waals surface area contributed by atoms with Crippen molar-refractivity contribution in [3.05, 3.63) is 35.7 Å². The molecule has 7 nitrogen and oxygen atoms in total. The molecule has 0 spiro atoms. The van der Waals surface area contributed by atoms with Crippen molar-refractivity contribution in [1.82, 2.24) is 19.9 Å². The van der Waals surface area contributed by atoms with Gasteiger partial charge in [0.1, 0.15) is 11.5 Å². The van der Waals surface area contributed by atoms with E-state index in [1.54, 1.807) is 6.20 Å². The molecular weight excluding hydrogens is 366 g/mol. The van der Waals surface area contributed by atoms with E-state index >= 15 is 0 Å². The number of pyridine rings is 1. The van der Waals surface area contributed by atoms with E-state index in [0.717, 1.165) is 62.2 Å². The maximum absolute atomic E-state index is 12.0. The summed E-state index contributed by atoms with van der Waals surface area (Å²) < 4.78 is 0. The van der Waals surface area contributed by atoms with Gasteiger partial charge in [0.15, 0.2) is 5.82 Å². The van der Waals surface area contributed by atoms with E-state index in [4.69, 9.17) is 9.97 Å². The number of nitrogens with one attached hydrogen (secondary N) is 1. The number of likely N-dealkylation sites (tertiary alicyclic amines) is 1. The summed E-state index contributed by atoms with van der Waals surface area (Å²) >= 11 is 0. The third kappa shape index (κ3) is 3.50. The zero-order valence-corrected chi connectivity index (χ0v) is 16.4. The van der Waals surface area contributed by atoms with Gasteiger partial charge >= 0.3 is 0 Å². The highest BCUT2D eigenvalue weighted by Gasteiger charge is 2.37. The lowest BCUT2D eigenvalue weighted by molar-refractivity contribution is -0.141. The lowest BCUT2D eigenvalue weighted by Crippen LogP contribution is -2.43. The van der Waals surface area contributed by atoms with E-state index in [2.05, 4.69) is 10.3 Å². The van der Waals surface area contributed by atoms with Gasteiger partial charge in [-0.05, 0) is 57.1 Å². The molecule has 7 heteroatoms. The van der Waals surface area contributed by atoms with Crippen LogP contribution in [0, 0.1) is 0 Å². The van der Waals surface area contributed by atoms with Crippen LogP contribution in [0.1, 0.15) is 56.2 Å². The number of fused-ring (bicyclic) bond motifs is 1. The second kappa shape index (κ2) is 7.54. The molecule has 1 N–H and O–H groups in total. The molecule has 3 heterocycles. The average Bonchev–Trinajstić information content (AvgIpc) is 3.36. The average molecular weight is 391 g/mol. The van der Waals surface area contributed by atoms with Crippen molar-refractivity contribution in [2.45, 2.75) is 69.9 Å². The van der Waals surface area contributed by atoms with Gasteiger partial charge in [-0.15, -0.1) is 0 Å². The normalized spacial score (nSPS) is 24.1. The molecule has 2 aromatic heterocycles. The smallest absolute Gasteiger partial charge is 0.229 e.